The van der Waals surface area contributed by atoms with Gasteiger partial charge in [0.1, 0.15) is 5.75 Å². The van der Waals surface area contributed by atoms with Gasteiger partial charge in [-0.15, -0.1) is 0 Å². The van der Waals surface area contributed by atoms with Crippen molar-refractivity contribution in [1.82, 2.24) is 9.88 Å². The van der Waals surface area contributed by atoms with Crippen LogP contribution in [-0.2, 0) is 6.42 Å². The third-order valence-corrected chi connectivity index (χ3v) is 6.77. The molecule has 2 aromatic rings. The molecular formula is C20H23F3N2O. The zero-order valence-corrected chi connectivity index (χ0v) is 14.5. The quantitative estimate of drug-likeness (QED) is 0.820. The molecule has 3 aliphatic heterocycles. The topological polar surface area (TPSA) is 39.3 Å². The minimum atomic E-state index is -4.07. The SMILES string of the molecule is Oc1ccc2[nH]c3c(c2c1)CCN1CC2CC(CCC(F)(F)F)C1C3C2. The summed E-state index contributed by atoms with van der Waals surface area (Å²) >= 11 is 0. The van der Waals surface area contributed by atoms with Gasteiger partial charge in [0.25, 0.3) is 0 Å². The lowest BCUT2D eigenvalue weighted by Crippen LogP contribution is -2.56. The largest absolute Gasteiger partial charge is 0.508 e. The molecule has 6 rings (SSSR count). The van der Waals surface area contributed by atoms with Crippen molar-refractivity contribution in [2.24, 2.45) is 11.8 Å². The summed E-state index contributed by atoms with van der Waals surface area (Å²) in [5.41, 5.74) is 3.49. The van der Waals surface area contributed by atoms with E-state index in [1.165, 1.54) is 11.3 Å². The van der Waals surface area contributed by atoms with Crippen LogP contribution in [0.3, 0.4) is 0 Å². The van der Waals surface area contributed by atoms with Gasteiger partial charge in [0.15, 0.2) is 0 Å². The summed E-state index contributed by atoms with van der Waals surface area (Å²) in [5.74, 6) is 1.16. The molecule has 3 nitrogen and oxygen atoms in total. The highest BCUT2D eigenvalue weighted by molar-refractivity contribution is 5.86. The Morgan fingerprint density at radius 3 is 2.88 bits per heavy atom. The van der Waals surface area contributed by atoms with Crippen LogP contribution >= 0.6 is 0 Å². The van der Waals surface area contributed by atoms with Crippen LogP contribution in [-0.4, -0.2) is 40.3 Å². The van der Waals surface area contributed by atoms with Crippen molar-refractivity contribution < 1.29 is 18.3 Å². The molecule has 4 bridgehead atoms. The molecule has 1 aromatic carbocycles. The number of aromatic amines is 1. The number of aromatic nitrogens is 1. The lowest BCUT2D eigenvalue weighted by molar-refractivity contribution is -0.142. The van der Waals surface area contributed by atoms with E-state index in [1.54, 1.807) is 6.07 Å². The molecule has 1 saturated carbocycles. The second-order valence-corrected chi connectivity index (χ2v) is 8.34. The van der Waals surface area contributed by atoms with E-state index < -0.39 is 12.6 Å². The molecule has 0 spiro atoms. The fourth-order valence-corrected chi connectivity index (χ4v) is 5.91. The number of fused-ring (bicyclic) bond motifs is 4. The Morgan fingerprint density at radius 2 is 2.08 bits per heavy atom. The first-order valence-corrected chi connectivity index (χ1v) is 9.53. The Kier molecular flexibility index (Phi) is 3.58. The van der Waals surface area contributed by atoms with Gasteiger partial charge in [-0.3, -0.25) is 4.90 Å². The third-order valence-electron chi connectivity index (χ3n) is 6.77. The van der Waals surface area contributed by atoms with E-state index in [0.717, 1.165) is 43.3 Å². The van der Waals surface area contributed by atoms with Crippen LogP contribution in [0.5, 0.6) is 5.75 Å². The summed E-state index contributed by atoms with van der Waals surface area (Å²) in [4.78, 5) is 6.01. The molecule has 140 valence electrons. The van der Waals surface area contributed by atoms with Gasteiger partial charge in [-0.25, -0.2) is 0 Å². The number of phenols is 1. The Hall–Kier alpha value is -1.69. The Bertz CT molecular complexity index is 843. The Balaban J connectivity index is 1.53. The number of hydrogen-bond donors (Lipinski definition) is 2. The van der Waals surface area contributed by atoms with Crippen LogP contribution in [0, 0.1) is 11.8 Å². The lowest BCUT2D eigenvalue weighted by Gasteiger charge is -2.53. The number of hydrogen-bond acceptors (Lipinski definition) is 2. The first-order valence-electron chi connectivity index (χ1n) is 9.53. The van der Waals surface area contributed by atoms with Crippen LogP contribution < -0.4 is 0 Å². The van der Waals surface area contributed by atoms with Gasteiger partial charge in [-0.1, -0.05) is 0 Å². The van der Waals surface area contributed by atoms with E-state index in [4.69, 9.17) is 0 Å². The molecule has 3 fully saturated rings. The number of aromatic hydroxyl groups is 1. The van der Waals surface area contributed by atoms with Gasteiger partial charge < -0.3 is 10.1 Å². The van der Waals surface area contributed by atoms with Crippen molar-refractivity contribution >= 4 is 10.9 Å². The smallest absolute Gasteiger partial charge is 0.389 e. The summed E-state index contributed by atoms with van der Waals surface area (Å²) in [7, 11) is 0. The average molecular weight is 364 g/mol. The maximum Gasteiger partial charge on any atom is 0.389 e. The van der Waals surface area contributed by atoms with E-state index >= 15 is 0 Å². The van der Waals surface area contributed by atoms with Crippen molar-refractivity contribution in [2.75, 3.05) is 13.1 Å². The van der Waals surface area contributed by atoms with Crippen LogP contribution in [0.2, 0.25) is 0 Å². The van der Waals surface area contributed by atoms with E-state index in [1.807, 2.05) is 12.1 Å². The number of phenolic OH excluding ortho intramolecular Hbond substituents is 1. The van der Waals surface area contributed by atoms with Crippen molar-refractivity contribution in [1.29, 1.82) is 0 Å². The fourth-order valence-electron chi connectivity index (χ4n) is 5.91. The molecule has 0 amide bonds. The van der Waals surface area contributed by atoms with Gasteiger partial charge in [0.2, 0.25) is 0 Å². The standard InChI is InChI=1S/C20H23F3N2O/c21-20(22,23)5-3-12-7-11-8-16-18-14(4-6-25(10-11)19(12)16)15-9-13(26)1-2-17(15)24-18/h1-2,9,11-12,16,19,24,26H,3-8,10H2. The zero-order valence-electron chi connectivity index (χ0n) is 14.5. The molecule has 4 heterocycles. The molecule has 2 saturated heterocycles. The Morgan fingerprint density at radius 1 is 1.23 bits per heavy atom. The lowest BCUT2D eigenvalue weighted by atomic mass is 9.65. The summed E-state index contributed by atoms with van der Waals surface area (Å²) in [6.07, 6.45) is -1.60. The molecular weight excluding hydrogens is 341 g/mol. The van der Waals surface area contributed by atoms with Crippen LogP contribution in [0.1, 0.15) is 42.9 Å². The number of nitrogens with one attached hydrogen (secondary N) is 1. The van der Waals surface area contributed by atoms with E-state index in [2.05, 4.69) is 9.88 Å². The molecule has 2 N–H and O–H groups in total. The van der Waals surface area contributed by atoms with Crippen LogP contribution in [0.15, 0.2) is 18.2 Å². The third kappa shape index (κ3) is 2.61. The summed E-state index contributed by atoms with van der Waals surface area (Å²) < 4.78 is 38.4. The fraction of sp³-hybridized carbons (Fsp3) is 0.600. The highest BCUT2D eigenvalue weighted by Crippen LogP contribution is 2.51. The normalized spacial score (nSPS) is 33.3. The second kappa shape index (κ2) is 5.65. The zero-order chi connectivity index (χ0) is 18.1. The van der Waals surface area contributed by atoms with Gasteiger partial charge in [0, 0.05) is 48.1 Å². The summed E-state index contributed by atoms with van der Waals surface area (Å²) in [6, 6.07) is 5.61. The molecule has 5 atom stereocenters. The highest BCUT2D eigenvalue weighted by atomic mass is 19.4. The number of rotatable bonds is 2. The van der Waals surface area contributed by atoms with E-state index in [-0.39, 0.29) is 30.0 Å². The number of H-pyrrole nitrogens is 1. The maximum atomic E-state index is 12.8. The minimum absolute atomic E-state index is 0.125. The average Bonchev–Trinajstić information content (AvgIpc) is 2.90. The summed E-state index contributed by atoms with van der Waals surface area (Å²) in [5, 5.41) is 10.9. The van der Waals surface area contributed by atoms with Crippen LogP contribution in [0.25, 0.3) is 10.9 Å². The molecule has 0 radical (unpaired) electrons. The monoisotopic (exact) mass is 364 g/mol. The molecule has 4 aliphatic rings. The number of alkyl halides is 3. The maximum absolute atomic E-state index is 12.8. The van der Waals surface area contributed by atoms with Crippen molar-refractivity contribution in [3.63, 3.8) is 0 Å². The van der Waals surface area contributed by atoms with E-state index in [0.29, 0.717) is 5.92 Å². The molecule has 1 aliphatic carbocycles. The molecule has 26 heavy (non-hydrogen) atoms. The molecule has 1 aromatic heterocycles. The van der Waals surface area contributed by atoms with Crippen molar-refractivity contribution in [3.8, 4) is 5.75 Å². The van der Waals surface area contributed by atoms with Crippen molar-refractivity contribution in [2.45, 2.75) is 50.2 Å². The van der Waals surface area contributed by atoms with Crippen LogP contribution in [0.4, 0.5) is 13.2 Å². The first kappa shape index (κ1) is 16.5. The first-order chi connectivity index (χ1) is 12.4. The summed E-state index contributed by atoms with van der Waals surface area (Å²) in [6.45, 7) is 1.92. The van der Waals surface area contributed by atoms with Crippen molar-refractivity contribution in [3.05, 3.63) is 29.5 Å². The minimum Gasteiger partial charge on any atom is -0.508 e. The van der Waals surface area contributed by atoms with Gasteiger partial charge >= 0.3 is 6.18 Å². The van der Waals surface area contributed by atoms with Gasteiger partial charge in [-0.05, 0) is 61.3 Å². The predicted octanol–water partition coefficient (Wildman–Crippen LogP) is 4.57. The van der Waals surface area contributed by atoms with Gasteiger partial charge in [0.05, 0.1) is 0 Å². The van der Waals surface area contributed by atoms with Gasteiger partial charge in [-0.2, -0.15) is 13.2 Å². The number of nitrogens with zero attached hydrogens (tertiary/aromatic N) is 1. The molecule has 6 heteroatoms. The number of halogens is 3. The predicted molar refractivity (Wildman–Crippen MR) is 93.3 cm³/mol. The molecule has 5 unspecified atom stereocenters. The second-order valence-electron chi connectivity index (χ2n) is 8.34. The number of benzene rings is 1. The van der Waals surface area contributed by atoms with E-state index in [9.17, 15) is 18.3 Å². The number of piperidine rings is 2. The Labute approximate surface area is 150 Å². The highest BCUT2D eigenvalue weighted by Gasteiger charge is 2.49.